The lowest BCUT2D eigenvalue weighted by Crippen LogP contribution is -2.30. The molecule has 0 saturated heterocycles. The van der Waals surface area contributed by atoms with Crippen molar-refractivity contribution in [3.63, 3.8) is 0 Å². The molecule has 0 aliphatic rings. The molecule has 1 aromatic heterocycles. The smallest absolute Gasteiger partial charge is 0.258 e. The van der Waals surface area contributed by atoms with Crippen LogP contribution >= 0.6 is 11.6 Å². The van der Waals surface area contributed by atoms with Gasteiger partial charge in [0.1, 0.15) is 5.15 Å². The van der Waals surface area contributed by atoms with Crippen molar-refractivity contribution in [3.8, 4) is 0 Å². The minimum Gasteiger partial charge on any atom is -0.309 e. The molecule has 0 fully saturated rings. The molecular weight excluding hydrogens is 248 g/mol. The van der Waals surface area contributed by atoms with Crippen molar-refractivity contribution >= 4 is 23.2 Å². The van der Waals surface area contributed by atoms with E-state index in [-0.39, 0.29) is 5.91 Å². The van der Waals surface area contributed by atoms with Crippen LogP contribution < -0.4 is 4.90 Å². The number of hydrogen-bond acceptors (Lipinski definition) is 2. The van der Waals surface area contributed by atoms with Gasteiger partial charge in [-0.1, -0.05) is 29.8 Å². The summed E-state index contributed by atoms with van der Waals surface area (Å²) in [6.07, 6.45) is 1.54. The molecule has 2 rings (SSSR count). The lowest BCUT2D eigenvalue weighted by Gasteiger charge is -2.21. The van der Waals surface area contributed by atoms with E-state index in [0.717, 1.165) is 5.69 Å². The number of carbonyl (C=O) groups is 1. The van der Waals surface area contributed by atoms with Crippen LogP contribution in [0.1, 0.15) is 17.3 Å². The van der Waals surface area contributed by atoms with Gasteiger partial charge in [-0.25, -0.2) is 4.98 Å². The van der Waals surface area contributed by atoms with Gasteiger partial charge in [0.05, 0.1) is 0 Å². The topological polar surface area (TPSA) is 33.2 Å². The van der Waals surface area contributed by atoms with Gasteiger partial charge in [0.2, 0.25) is 0 Å². The normalized spacial score (nSPS) is 10.1. The summed E-state index contributed by atoms with van der Waals surface area (Å²) in [4.78, 5) is 17.9. The SMILES string of the molecule is CCN(C(=O)c1ccnc(Cl)c1)c1ccccc1. The summed E-state index contributed by atoms with van der Waals surface area (Å²) in [5.41, 5.74) is 1.42. The van der Waals surface area contributed by atoms with Crippen LogP contribution in [0.4, 0.5) is 5.69 Å². The highest BCUT2D eigenvalue weighted by molar-refractivity contribution is 6.29. The molecule has 0 radical (unpaired) electrons. The molecule has 3 nitrogen and oxygen atoms in total. The minimum atomic E-state index is -0.0759. The lowest BCUT2D eigenvalue weighted by molar-refractivity contribution is 0.0988. The van der Waals surface area contributed by atoms with E-state index in [0.29, 0.717) is 17.3 Å². The Morgan fingerprint density at radius 1 is 1.28 bits per heavy atom. The molecule has 4 heteroatoms. The summed E-state index contributed by atoms with van der Waals surface area (Å²) in [5, 5.41) is 0.324. The van der Waals surface area contributed by atoms with Crippen LogP contribution in [0, 0.1) is 0 Å². The molecule has 92 valence electrons. The molecule has 1 aromatic carbocycles. The molecular formula is C14H13ClN2O. The fraction of sp³-hybridized carbons (Fsp3) is 0.143. The van der Waals surface area contributed by atoms with E-state index < -0.39 is 0 Å². The van der Waals surface area contributed by atoms with Crippen LogP contribution in [-0.4, -0.2) is 17.4 Å². The molecule has 18 heavy (non-hydrogen) atoms. The standard InChI is InChI=1S/C14H13ClN2O/c1-2-17(12-6-4-3-5-7-12)14(18)11-8-9-16-13(15)10-11/h3-10H,2H2,1H3. The Balaban J connectivity index is 2.32. The first kappa shape index (κ1) is 12.6. The maximum absolute atomic E-state index is 12.4. The molecule has 1 amide bonds. The first-order valence-corrected chi connectivity index (χ1v) is 6.08. The van der Waals surface area contributed by atoms with E-state index in [1.807, 2.05) is 37.3 Å². The average Bonchev–Trinajstić information content (AvgIpc) is 2.41. The summed E-state index contributed by atoms with van der Waals surface area (Å²) < 4.78 is 0. The average molecular weight is 261 g/mol. The number of rotatable bonds is 3. The number of pyridine rings is 1. The number of hydrogen-bond donors (Lipinski definition) is 0. The predicted molar refractivity (Wildman–Crippen MR) is 73.0 cm³/mol. The van der Waals surface area contributed by atoms with Crippen LogP contribution in [-0.2, 0) is 0 Å². The number of halogens is 1. The molecule has 0 aliphatic carbocycles. The van der Waals surface area contributed by atoms with E-state index >= 15 is 0 Å². The zero-order valence-corrected chi connectivity index (χ0v) is 10.8. The van der Waals surface area contributed by atoms with Crippen LogP contribution in [0.5, 0.6) is 0 Å². The number of amides is 1. The van der Waals surface area contributed by atoms with Gasteiger partial charge >= 0.3 is 0 Å². The lowest BCUT2D eigenvalue weighted by atomic mass is 10.2. The minimum absolute atomic E-state index is 0.0759. The van der Waals surface area contributed by atoms with E-state index in [9.17, 15) is 4.79 Å². The molecule has 0 aliphatic heterocycles. The number of para-hydroxylation sites is 1. The Bertz CT molecular complexity index is 543. The second kappa shape index (κ2) is 5.65. The number of carbonyl (C=O) groups excluding carboxylic acids is 1. The predicted octanol–water partition coefficient (Wildman–Crippen LogP) is 3.40. The van der Waals surface area contributed by atoms with Crippen LogP contribution in [0.25, 0.3) is 0 Å². The van der Waals surface area contributed by atoms with Crippen molar-refractivity contribution in [2.24, 2.45) is 0 Å². The Morgan fingerprint density at radius 2 is 2.00 bits per heavy atom. The third-order valence-corrected chi connectivity index (χ3v) is 2.81. The quantitative estimate of drug-likeness (QED) is 0.793. The van der Waals surface area contributed by atoms with Gasteiger partial charge < -0.3 is 4.90 Å². The second-order valence-corrected chi connectivity index (χ2v) is 4.14. The van der Waals surface area contributed by atoms with Crippen molar-refractivity contribution in [2.45, 2.75) is 6.92 Å². The Kier molecular flexibility index (Phi) is 3.95. The summed E-state index contributed by atoms with van der Waals surface area (Å²) in [5.74, 6) is -0.0759. The summed E-state index contributed by atoms with van der Waals surface area (Å²) in [7, 11) is 0. The largest absolute Gasteiger partial charge is 0.309 e. The number of nitrogens with zero attached hydrogens (tertiary/aromatic N) is 2. The molecule has 0 atom stereocenters. The third-order valence-electron chi connectivity index (χ3n) is 2.60. The summed E-state index contributed by atoms with van der Waals surface area (Å²) >= 11 is 5.80. The Morgan fingerprint density at radius 3 is 2.61 bits per heavy atom. The van der Waals surface area contributed by atoms with Crippen molar-refractivity contribution in [1.82, 2.24) is 4.98 Å². The van der Waals surface area contributed by atoms with Gasteiger partial charge in [-0.2, -0.15) is 0 Å². The zero-order valence-electron chi connectivity index (χ0n) is 10.0. The third kappa shape index (κ3) is 2.68. The van der Waals surface area contributed by atoms with Crippen LogP contribution in [0.2, 0.25) is 5.15 Å². The van der Waals surface area contributed by atoms with Crippen molar-refractivity contribution in [2.75, 3.05) is 11.4 Å². The number of anilines is 1. The molecule has 2 aromatic rings. The van der Waals surface area contributed by atoms with Gasteiger partial charge in [-0.3, -0.25) is 4.79 Å². The highest BCUT2D eigenvalue weighted by Gasteiger charge is 2.15. The molecule has 0 saturated carbocycles. The van der Waals surface area contributed by atoms with Crippen molar-refractivity contribution in [3.05, 3.63) is 59.4 Å². The number of aromatic nitrogens is 1. The van der Waals surface area contributed by atoms with E-state index in [2.05, 4.69) is 4.98 Å². The first-order chi connectivity index (χ1) is 8.72. The maximum Gasteiger partial charge on any atom is 0.258 e. The van der Waals surface area contributed by atoms with E-state index in [4.69, 9.17) is 11.6 Å². The van der Waals surface area contributed by atoms with Gasteiger partial charge in [0.25, 0.3) is 5.91 Å². The maximum atomic E-state index is 12.4. The summed E-state index contributed by atoms with van der Waals surface area (Å²) in [6, 6.07) is 12.8. The number of benzene rings is 1. The van der Waals surface area contributed by atoms with Gasteiger partial charge in [0.15, 0.2) is 0 Å². The van der Waals surface area contributed by atoms with Gasteiger partial charge in [-0.15, -0.1) is 0 Å². The van der Waals surface area contributed by atoms with Crippen molar-refractivity contribution in [1.29, 1.82) is 0 Å². The van der Waals surface area contributed by atoms with Crippen molar-refractivity contribution < 1.29 is 4.79 Å². The highest BCUT2D eigenvalue weighted by atomic mass is 35.5. The van der Waals surface area contributed by atoms with Gasteiger partial charge in [-0.05, 0) is 31.2 Å². The molecule has 0 bridgehead atoms. The van der Waals surface area contributed by atoms with E-state index in [1.165, 1.54) is 6.20 Å². The summed E-state index contributed by atoms with van der Waals surface area (Å²) in [6.45, 7) is 2.54. The van der Waals surface area contributed by atoms with Crippen LogP contribution in [0.15, 0.2) is 48.7 Å². The van der Waals surface area contributed by atoms with Gasteiger partial charge in [0, 0.05) is 24.0 Å². The van der Waals surface area contributed by atoms with E-state index in [1.54, 1.807) is 17.0 Å². The van der Waals surface area contributed by atoms with Crippen LogP contribution in [0.3, 0.4) is 0 Å². The fourth-order valence-corrected chi connectivity index (χ4v) is 1.92. The Labute approximate surface area is 111 Å². The Hall–Kier alpha value is -1.87. The highest BCUT2D eigenvalue weighted by Crippen LogP contribution is 2.17. The fourth-order valence-electron chi connectivity index (χ4n) is 1.74. The molecule has 0 N–H and O–H groups in total. The monoisotopic (exact) mass is 260 g/mol. The first-order valence-electron chi connectivity index (χ1n) is 5.71. The molecule has 0 unspecified atom stereocenters. The second-order valence-electron chi connectivity index (χ2n) is 3.75. The molecule has 1 heterocycles. The molecule has 0 spiro atoms. The zero-order chi connectivity index (χ0) is 13.0.